The third-order valence-electron chi connectivity index (χ3n) is 1.83. The van der Waals surface area contributed by atoms with E-state index in [4.69, 9.17) is 14.7 Å². The molecular formula is C8H13NO2. The number of hydrogen-bond acceptors (Lipinski definition) is 3. The molecule has 0 bridgehead atoms. The van der Waals surface area contributed by atoms with Crippen LogP contribution >= 0.6 is 0 Å². The van der Waals surface area contributed by atoms with Crippen molar-refractivity contribution in [2.75, 3.05) is 19.8 Å². The molecule has 0 aromatic heterocycles. The molecule has 0 aromatic carbocycles. The summed E-state index contributed by atoms with van der Waals surface area (Å²) in [6.45, 7) is 3.67. The summed E-state index contributed by atoms with van der Waals surface area (Å²) in [6.07, 6.45) is 1.73. The zero-order valence-corrected chi connectivity index (χ0v) is 6.80. The topological polar surface area (TPSA) is 42.2 Å². The summed E-state index contributed by atoms with van der Waals surface area (Å²) in [4.78, 5) is 0. The Hall–Kier alpha value is -0.590. The van der Waals surface area contributed by atoms with Gasteiger partial charge < -0.3 is 9.47 Å². The quantitative estimate of drug-likeness (QED) is 0.599. The maximum atomic E-state index is 8.82. The average molecular weight is 155 g/mol. The first-order valence-corrected chi connectivity index (χ1v) is 3.96. The first-order valence-electron chi connectivity index (χ1n) is 3.96. The summed E-state index contributed by atoms with van der Waals surface area (Å²) < 4.78 is 10.5. The second-order valence-corrected chi connectivity index (χ2v) is 2.70. The summed E-state index contributed by atoms with van der Waals surface area (Å²) in [5, 5.41) is 8.82. The fourth-order valence-electron chi connectivity index (χ4n) is 1.28. The molecule has 3 nitrogen and oxygen atoms in total. The van der Waals surface area contributed by atoms with Gasteiger partial charge in [-0.3, -0.25) is 0 Å². The maximum Gasteiger partial charge on any atom is 0.177 e. The molecule has 0 aliphatic carbocycles. The lowest BCUT2D eigenvalue weighted by Gasteiger charge is -2.29. The van der Waals surface area contributed by atoms with Crippen LogP contribution in [0.25, 0.3) is 0 Å². The van der Waals surface area contributed by atoms with Gasteiger partial charge in [-0.15, -0.1) is 0 Å². The Morgan fingerprint density at radius 2 is 2.55 bits per heavy atom. The number of ether oxygens (including phenoxy) is 2. The van der Waals surface area contributed by atoms with Gasteiger partial charge in [-0.1, -0.05) is 0 Å². The Morgan fingerprint density at radius 1 is 1.73 bits per heavy atom. The van der Waals surface area contributed by atoms with Crippen LogP contribution in [0.2, 0.25) is 0 Å². The molecule has 3 heteroatoms. The second-order valence-electron chi connectivity index (χ2n) is 2.70. The van der Waals surface area contributed by atoms with E-state index >= 15 is 0 Å². The Morgan fingerprint density at radius 3 is 3.00 bits per heavy atom. The molecule has 1 aliphatic heterocycles. The van der Waals surface area contributed by atoms with Gasteiger partial charge in [0, 0.05) is 13.2 Å². The number of nitriles is 1. The molecule has 1 saturated heterocycles. The normalized spacial score (nSPS) is 31.3. The third kappa shape index (κ3) is 1.92. The van der Waals surface area contributed by atoms with Gasteiger partial charge in [0.1, 0.15) is 6.07 Å². The Labute approximate surface area is 66.9 Å². The molecule has 0 amide bonds. The largest absolute Gasteiger partial charge is 0.377 e. The van der Waals surface area contributed by atoms with Crippen LogP contribution in [-0.2, 0) is 9.47 Å². The molecule has 0 radical (unpaired) electrons. The summed E-state index contributed by atoms with van der Waals surface area (Å²) in [7, 11) is 0. The highest BCUT2D eigenvalue weighted by atomic mass is 16.5. The minimum Gasteiger partial charge on any atom is -0.377 e. The van der Waals surface area contributed by atoms with Gasteiger partial charge in [0.15, 0.2) is 5.60 Å². The zero-order chi connectivity index (χ0) is 8.16. The summed E-state index contributed by atoms with van der Waals surface area (Å²) >= 11 is 0. The maximum absolute atomic E-state index is 8.82. The number of rotatable bonds is 2. The number of hydrogen-bond donors (Lipinski definition) is 0. The molecule has 1 aliphatic rings. The van der Waals surface area contributed by atoms with E-state index in [0.29, 0.717) is 13.2 Å². The van der Waals surface area contributed by atoms with Gasteiger partial charge in [-0.2, -0.15) is 5.26 Å². The van der Waals surface area contributed by atoms with Crippen LogP contribution < -0.4 is 0 Å². The summed E-state index contributed by atoms with van der Waals surface area (Å²) in [6, 6.07) is 2.17. The van der Waals surface area contributed by atoms with Gasteiger partial charge in [-0.25, -0.2) is 0 Å². The lowest BCUT2D eigenvalue weighted by atomic mass is 9.98. The van der Waals surface area contributed by atoms with Crippen molar-refractivity contribution in [3.63, 3.8) is 0 Å². The van der Waals surface area contributed by atoms with Crippen molar-refractivity contribution in [2.45, 2.75) is 25.4 Å². The third-order valence-corrected chi connectivity index (χ3v) is 1.83. The molecule has 1 fully saturated rings. The van der Waals surface area contributed by atoms with Crippen molar-refractivity contribution in [3.8, 4) is 6.07 Å². The van der Waals surface area contributed by atoms with Crippen molar-refractivity contribution in [2.24, 2.45) is 0 Å². The van der Waals surface area contributed by atoms with E-state index in [2.05, 4.69) is 6.07 Å². The van der Waals surface area contributed by atoms with Gasteiger partial charge in [0.05, 0.1) is 6.61 Å². The Bertz CT molecular complexity index is 150. The van der Waals surface area contributed by atoms with E-state index in [-0.39, 0.29) is 0 Å². The molecule has 1 heterocycles. The molecule has 0 N–H and O–H groups in total. The molecule has 1 unspecified atom stereocenters. The van der Waals surface area contributed by atoms with Crippen LogP contribution in [0.4, 0.5) is 0 Å². The minimum atomic E-state index is -0.646. The van der Waals surface area contributed by atoms with Crippen molar-refractivity contribution in [1.29, 1.82) is 5.26 Å². The first-order chi connectivity index (χ1) is 5.33. The second kappa shape index (κ2) is 3.70. The van der Waals surface area contributed by atoms with E-state index in [1.165, 1.54) is 0 Å². The molecule has 11 heavy (non-hydrogen) atoms. The molecule has 1 atom stereocenters. The van der Waals surface area contributed by atoms with Crippen molar-refractivity contribution in [1.82, 2.24) is 0 Å². The molecule has 1 rings (SSSR count). The first kappa shape index (κ1) is 8.51. The Balaban J connectivity index is 2.51. The fourth-order valence-corrected chi connectivity index (χ4v) is 1.28. The lowest BCUT2D eigenvalue weighted by molar-refractivity contribution is -0.0904. The average Bonchev–Trinajstić information content (AvgIpc) is 2.07. The van der Waals surface area contributed by atoms with Crippen molar-refractivity contribution >= 4 is 0 Å². The minimum absolute atomic E-state index is 0.428. The highest BCUT2D eigenvalue weighted by Gasteiger charge is 2.33. The van der Waals surface area contributed by atoms with E-state index in [1.54, 1.807) is 0 Å². The zero-order valence-electron chi connectivity index (χ0n) is 6.80. The van der Waals surface area contributed by atoms with Gasteiger partial charge in [0.25, 0.3) is 0 Å². The van der Waals surface area contributed by atoms with Crippen LogP contribution in [0.3, 0.4) is 0 Å². The smallest absolute Gasteiger partial charge is 0.177 e. The van der Waals surface area contributed by atoms with E-state index < -0.39 is 5.60 Å². The molecule has 0 aromatic rings. The monoisotopic (exact) mass is 155 g/mol. The van der Waals surface area contributed by atoms with Crippen LogP contribution in [-0.4, -0.2) is 25.4 Å². The van der Waals surface area contributed by atoms with Gasteiger partial charge >= 0.3 is 0 Å². The van der Waals surface area contributed by atoms with E-state index in [1.807, 2.05) is 6.92 Å². The molecule has 0 saturated carbocycles. The predicted molar refractivity (Wildman–Crippen MR) is 40.0 cm³/mol. The highest BCUT2D eigenvalue weighted by Crippen LogP contribution is 2.22. The van der Waals surface area contributed by atoms with Crippen LogP contribution in [0, 0.1) is 11.3 Å². The number of nitrogens with zero attached hydrogens (tertiary/aromatic N) is 1. The fraction of sp³-hybridized carbons (Fsp3) is 0.875. The van der Waals surface area contributed by atoms with E-state index in [9.17, 15) is 0 Å². The van der Waals surface area contributed by atoms with Crippen molar-refractivity contribution in [3.05, 3.63) is 0 Å². The molecule has 62 valence electrons. The predicted octanol–water partition coefficient (Wildman–Crippen LogP) is 1.10. The van der Waals surface area contributed by atoms with Crippen LogP contribution in [0.5, 0.6) is 0 Å². The van der Waals surface area contributed by atoms with E-state index in [0.717, 1.165) is 19.4 Å². The van der Waals surface area contributed by atoms with Gasteiger partial charge in [0.2, 0.25) is 0 Å². The molecule has 0 spiro atoms. The van der Waals surface area contributed by atoms with Crippen LogP contribution in [0.15, 0.2) is 0 Å². The summed E-state index contributed by atoms with van der Waals surface area (Å²) in [5.41, 5.74) is -0.646. The standard InChI is InChI=1S/C8H13NO2/c1-2-11-8(6-9)4-3-5-10-7-8/h2-5,7H2,1H3. The highest BCUT2D eigenvalue weighted by molar-refractivity contribution is 5.03. The van der Waals surface area contributed by atoms with Crippen molar-refractivity contribution < 1.29 is 9.47 Å². The molecular weight excluding hydrogens is 142 g/mol. The Kier molecular flexibility index (Phi) is 2.86. The SMILES string of the molecule is CCOC1(C#N)CCCOC1. The summed E-state index contributed by atoms with van der Waals surface area (Å²) in [5.74, 6) is 0. The lowest BCUT2D eigenvalue weighted by Crippen LogP contribution is -2.40. The van der Waals surface area contributed by atoms with Gasteiger partial charge in [-0.05, 0) is 19.8 Å². The van der Waals surface area contributed by atoms with Crippen LogP contribution in [0.1, 0.15) is 19.8 Å².